The van der Waals surface area contributed by atoms with Gasteiger partial charge >= 0.3 is 0 Å². The third-order valence-corrected chi connectivity index (χ3v) is 3.88. The number of nitrogens with one attached hydrogen (secondary N) is 1. The van der Waals surface area contributed by atoms with Crippen molar-refractivity contribution in [2.24, 2.45) is 0 Å². The van der Waals surface area contributed by atoms with Crippen LogP contribution in [0.5, 0.6) is 0 Å². The van der Waals surface area contributed by atoms with Gasteiger partial charge < -0.3 is 16.0 Å². The monoisotopic (exact) mass is 390 g/mol. The largest absolute Gasteiger partial charge is 0.399 e. The van der Waals surface area contributed by atoms with Gasteiger partial charge in [-0.3, -0.25) is 14.5 Å². The van der Waals surface area contributed by atoms with Crippen LogP contribution in [0.25, 0.3) is 0 Å². The molecule has 142 valence electrons. The molecule has 1 saturated heterocycles. The van der Waals surface area contributed by atoms with Gasteiger partial charge in [0.1, 0.15) is 0 Å². The highest BCUT2D eigenvalue weighted by atomic mass is 35.5. The zero-order valence-electron chi connectivity index (χ0n) is 14.7. The molecule has 0 spiro atoms. The maximum Gasteiger partial charge on any atom is 0.234 e. The topological polar surface area (TPSA) is 78.7 Å². The molecule has 1 heterocycles. The molecule has 0 aliphatic carbocycles. The fraction of sp³-hybridized carbons (Fsp3) is 0.529. The average Bonchev–Trinajstić information content (AvgIpc) is 2.49. The maximum absolute atomic E-state index is 12.3. The molecule has 2 amide bonds. The van der Waals surface area contributed by atoms with E-state index in [1.807, 2.05) is 43.0 Å². The number of anilines is 1. The van der Waals surface area contributed by atoms with Gasteiger partial charge in [-0.25, -0.2) is 0 Å². The number of nitrogens with zero attached hydrogens (tertiary/aromatic N) is 2. The number of nitrogens with two attached hydrogens (primary N) is 1. The van der Waals surface area contributed by atoms with Crippen LogP contribution in [0, 0.1) is 0 Å². The number of benzene rings is 1. The second-order valence-corrected chi connectivity index (χ2v) is 6.30. The van der Waals surface area contributed by atoms with Crippen molar-refractivity contribution in [2.45, 2.75) is 26.3 Å². The lowest BCUT2D eigenvalue weighted by atomic mass is 10.1. The van der Waals surface area contributed by atoms with Crippen molar-refractivity contribution in [3.05, 3.63) is 29.8 Å². The normalized spacial score (nSPS) is 14.4. The number of carbonyl (C=O) groups excluding carboxylic acids is 2. The molecule has 0 aromatic heterocycles. The highest BCUT2D eigenvalue weighted by Crippen LogP contribution is 2.09. The Morgan fingerprint density at radius 3 is 2.16 bits per heavy atom. The van der Waals surface area contributed by atoms with Gasteiger partial charge in [0.15, 0.2) is 0 Å². The lowest BCUT2D eigenvalue weighted by Gasteiger charge is -2.34. The molecule has 6 nitrogen and oxygen atoms in total. The Hall–Kier alpha value is -1.50. The number of rotatable bonds is 5. The number of amides is 2. The fourth-order valence-electron chi connectivity index (χ4n) is 2.65. The van der Waals surface area contributed by atoms with Gasteiger partial charge in [-0.05, 0) is 31.5 Å². The third-order valence-electron chi connectivity index (χ3n) is 3.88. The van der Waals surface area contributed by atoms with Crippen LogP contribution in [0.3, 0.4) is 0 Å². The van der Waals surface area contributed by atoms with Crippen molar-refractivity contribution in [1.82, 2.24) is 15.1 Å². The van der Waals surface area contributed by atoms with Gasteiger partial charge in [0.05, 0.1) is 13.0 Å². The molecule has 25 heavy (non-hydrogen) atoms. The summed E-state index contributed by atoms with van der Waals surface area (Å²) in [7, 11) is 0. The van der Waals surface area contributed by atoms with Crippen molar-refractivity contribution < 1.29 is 9.59 Å². The maximum atomic E-state index is 12.3. The lowest BCUT2D eigenvalue weighted by Crippen LogP contribution is -2.51. The zero-order valence-corrected chi connectivity index (χ0v) is 16.4. The van der Waals surface area contributed by atoms with Crippen LogP contribution in [-0.4, -0.2) is 60.4 Å². The highest BCUT2D eigenvalue weighted by Gasteiger charge is 2.22. The number of hydrogen-bond acceptors (Lipinski definition) is 4. The Bertz CT molecular complexity index is 544. The summed E-state index contributed by atoms with van der Waals surface area (Å²) < 4.78 is 0. The molecule has 3 N–H and O–H groups in total. The highest BCUT2D eigenvalue weighted by molar-refractivity contribution is 5.85. The van der Waals surface area contributed by atoms with E-state index in [9.17, 15) is 9.59 Å². The number of halogens is 2. The molecule has 0 atom stereocenters. The minimum atomic E-state index is 0. The summed E-state index contributed by atoms with van der Waals surface area (Å²) in [5.74, 6) is 0.169. The molecular formula is C17H28Cl2N4O2. The number of piperazine rings is 1. The Morgan fingerprint density at radius 1 is 1.08 bits per heavy atom. The van der Waals surface area contributed by atoms with Crippen molar-refractivity contribution in [3.8, 4) is 0 Å². The summed E-state index contributed by atoms with van der Waals surface area (Å²) in [6, 6.07) is 7.56. The molecule has 1 aliphatic rings. The zero-order chi connectivity index (χ0) is 16.8. The van der Waals surface area contributed by atoms with Gasteiger partial charge in [0.2, 0.25) is 11.8 Å². The summed E-state index contributed by atoms with van der Waals surface area (Å²) in [6.45, 7) is 7.11. The van der Waals surface area contributed by atoms with E-state index in [1.165, 1.54) is 0 Å². The smallest absolute Gasteiger partial charge is 0.234 e. The Kier molecular flexibility index (Phi) is 10.5. The van der Waals surface area contributed by atoms with E-state index in [1.54, 1.807) is 0 Å². The molecule has 2 rings (SSSR count). The summed E-state index contributed by atoms with van der Waals surface area (Å²) in [5, 5.41) is 2.89. The molecule has 1 aromatic carbocycles. The minimum absolute atomic E-state index is 0. The second kappa shape index (κ2) is 11.2. The van der Waals surface area contributed by atoms with Crippen LogP contribution >= 0.6 is 24.8 Å². The van der Waals surface area contributed by atoms with Gasteiger partial charge in [0.25, 0.3) is 0 Å². The summed E-state index contributed by atoms with van der Waals surface area (Å²) in [4.78, 5) is 28.0. The molecule has 0 unspecified atom stereocenters. The van der Waals surface area contributed by atoms with Crippen molar-refractivity contribution in [1.29, 1.82) is 0 Å². The molecule has 1 aliphatic heterocycles. The molecule has 1 aromatic rings. The van der Waals surface area contributed by atoms with Crippen LogP contribution in [0.4, 0.5) is 5.69 Å². The van der Waals surface area contributed by atoms with E-state index in [2.05, 4.69) is 10.2 Å². The lowest BCUT2D eigenvalue weighted by molar-refractivity contribution is -0.132. The predicted molar refractivity (Wildman–Crippen MR) is 105 cm³/mol. The van der Waals surface area contributed by atoms with Crippen LogP contribution in [0.15, 0.2) is 24.3 Å². The minimum Gasteiger partial charge on any atom is -0.399 e. The summed E-state index contributed by atoms with van der Waals surface area (Å²) in [5.41, 5.74) is 7.33. The molecule has 0 radical (unpaired) electrons. The number of nitrogen functional groups attached to an aromatic ring is 1. The van der Waals surface area contributed by atoms with E-state index in [0.717, 1.165) is 18.7 Å². The predicted octanol–water partition coefficient (Wildman–Crippen LogP) is 1.32. The van der Waals surface area contributed by atoms with Crippen LogP contribution in [0.2, 0.25) is 0 Å². The number of hydrogen-bond donors (Lipinski definition) is 2. The van der Waals surface area contributed by atoms with E-state index >= 15 is 0 Å². The fourth-order valence-corrected chi connectivity index (χ4v) is 2.65. The third kappa shape index (κ3) is 7.94. The van der Waals surface area contributed by atoms with Crippen LogP contribution in [0.1, 0.15) is 19.4 Å². The quantitative estimate of drug-likeness (QED) is 0.743. The summed E-state index contributed by atoms with van der Waals surface area (Å²) >= 11 is 0. The van der Waals surface area contributed by atoms with E-state index in [0.29, 0.717) is 31.7 Å². The van der Waals surface area contributed by atoms with Crippen molar-refractivity contribution >= 4 is 42.3 Å². The Balaban J connectivity index is 0.00000288. The SMILES string of the molecule is CC(C)NC(=O)CN1CCN(C(=O)Cc2ccc(N)cc2)CC1.Cl.Cl. The van der Waals surface area contributed by atoms with Crippen LogP contribution in [-0.2, 0) is 16.0 Å². The van der Waals surface area contributed by atoms with E-state index < -0.39 is 0 Å². The van der Waals surface area contributed by atoms with Gasteiger partial charge in [-0.15, -0.1) is 24.8 Å². The first-order valence-corrected chi connectivity index (χ1v) is 8.08. The molecule has 1 fully saturated rings. The molecule has 0 bridgehead atoms. The first-order chi connectivity index (χ1) is 10.9. The van der Waals surface area contributed by atoms with Gasteiger partial charge in [-0.1, -0.05) is 12.1 Å². The number of carbonyl (C=O) groups is 2. The summed E-state index contributed by atoms with van der Waals surface area (Å²) in [6.07, 6.45) is 0.397. The Morgan fingerprint density at radius 2 is 1.64 bits per heavy atom. The van der Waals surface area contributed by atoms with Crippen molar-refractivity contribution in [2.75, 3.05) is 38.5 Å². The molecule has 8 heteroatoms. The average molecular weight is 391 g/mol. The second-order valence-electron chi connectivity index (χ2n) is 6.30. The standard InChI is InChI=1S/C17H26N4O2.2ClH/c1-13(2)19-16(22)12-20-7-9-21(10-8-20)17(23)11-14-3-5-15(18)6-4-14;;/h3-6,13H,7-12,18H2,1-2H3,(H,19,22);2*1H. The van der Waals surface area contributed by atoms with Crippen molar-refractivity contribution in [3.63, 3.8) is 0 Å². The van der Waals surface area contributed by atoms with Gasteiger partial charge in [0, 0.05) is 37.9 Å². The Labute approximate surface area is 161 Å². The van der Waals surface area contributed by atoms with Crippen LogP contribution < -0.4 is 11.1 Å². The van der Waals surface area contributed by atoms with E-state index in [-0.39, 0.29) is 42.7 Å². The van der Waals surface area contributed by atoms with E-state index in [4.69, 9.17) is 5.73 Å². The first-order valence-electron chi connectivity index (χ1n) is 8.08. The molecule has 0 saturated carbocycles. The molecular weight excluding hydrogens is 363 g/mol. The van der Waals surface area contributed by atoms with Gasteiger partial charge in [-0.2, -0.15) is 0 Å². The first kappa shape index (κ1) is 23.5.